The quantitative estimate of drug-likeness (QED) is 0.782. The van der Waals surface area contributed by atoms with E-state index in [9.17, 15) is 22.8 Å². The van der Waals surface area contributed by atoms with Crippen LogP contribution in [0.3, 0.4) is 0 Å². The lowest BCUT2D eigenvalue weighted by Gasteiger charge is -2.16. The molecule has 2 aromatic rings. The van der Waals surface area contributed by atoms with Crippen LogP contribution in [0, 0.1) is 0 Å². The molecule has 0 radical (unpaired) electrons. The van der Waals surface area contributed by atoms with E-state index in [1.54, 1.807) is 13.8 Å². The highest BCUT2D eigenvalue weighted by Gasteiger charge is 2.46. The number of benzene rings is 1. The van der Waals surface area contributed by atoms with Gasteiger partial charge in [0.25, 0.3) is 5.91 Å². The van der Waals surface area contributed by atoms with E-state index in [1.165, 1.54) is 36.5 Å². The Balaban J connectivity index is 1.53. The van der Waals surface area contributed by atoms with Crippen molar-refractivity contribution in [2.75, 3.05) is 4.90 Å². The number of nitrogens with one attached hydrogen (secondary N) is 1. The molecule has 4 rings (SSSR count). The summed E-state index contributed by atoms with van der Waals surface area (Å²) in [6.07, 6.45) is -5.22. The summed E-state index contributed by atoms with van der Waals surface area (Å²) >= 11 is 0. The van der Waals surface area contributed by atoms with Gasteiger partial charge in [0.15, 0.2) is 6.10 Å². The van der Waals surface area contributed by atoms with Gasteiger partial charge in [-0.3, -0.25) is 4.79 Å². The molecule has 1 N–H and O–H groups in total. The summed E-state index contributed by atoms with van der Waals surface area (Å²) in [7, 11) is 0. The fourth-order valence-electron chi connectivity index (χ4n) is 3.21. The van der Waals surface area contributed by atoms with Gasteiger partial charge >= 0.3 is 12.2 Å². The summed E-state index contributed by atoms with van der Waals surface area (Å²) in [5.41, 5.74) is -0.310. The largest absolute Gasteiger partial charge is 0.439 e. The number of urea groups is 1. The maximum Gasteiger partial charge on any atom is 0.418 e. The fourth-order valence-corrected chi connectivity index (χ4v) is 3.21. The predicted octanol–water partition coefficient (Wildman–Crippen LogP) is 3.84. The fraction of sp³-hybridized carbons (Fsp3) is 0.316. The molecule has 0 saturated carbocycles. The Labute approximate surface area is 163 Å². The number of fused-ring (bicyclic) bond motifs is 1. The molecule has 0 bridgehead atoms. The zero-order valence-electron chi connectivity index (χ0n) is 15.4. The molecule has 0 spiro atoms. The van der Waals surface area contributed by atoms with E-state index in [0.29, 0.717) is 5.56 Å². The van der Waals surface area contributed by atoms with Crippen LogP contribution in [0.5, 0.6) is 11.6 Å². The number of ether oxygens (including phenoxy) is 2. The number of nitrogens with zero attached hydrogens (tertiary/aromatic N) is 2. The van der Waals surface area contributed by atoms with Gasteiger partial charge in [-0.05, 0) is 43.2 Å². The third-order valence-electron chi connectivity index (χ3n) is 4.66. The molecule has 10 heteroatoms. The molecule has 1 fully saturated rings. The molecule has 2 aliphatic rings. The molecular weight excluding hydrogens is 391 g/mol. The number of pyridine rings is 1. The van der Waals surface area contributed by atoms with Gasteiger partial charge in [-0.25, -0.2) is 14.7 Å². The average Bonchev–Trinajstić information content (AvgIpc) is 3.14. The number of hydrogen-bond acceptors (Lipinski definition) is 5. The van der Waals surface area contributed by atoms with Gasteiger partial charge in [-0.15, -0.1) is 0 Å². The third kappa shape index (κ3) is 3.39. The number of alkyl halides is 3. The number of carbonyl (C=O) groups excluding carboxylic acids is 2. The molecule has 0 aliphatic carbocycles. The maximum atomic E-state index is 13.1. The van der Waals surface area contributed by atoms with Crippen molar-refractivity contribution >= 4 is 17.6 Å². The highest BCUT2D eigenvalue weighted by Crippen LogP contribution is 2.43. The monoisotopic (exact) mass is 407 g/mol. The molecule has 2 aliphatic heterocycles. The Morgan fingerprint density at radius 2 is 2.00 bits per heavy atom. The van der Waals surface area contributed by atoms with Crippen LogP contribution >= 0.6 is 0 Å². The lowest BCUT2D eigenvalue weighted by Crippen LogP contribution is -2.40. The van der Waals surface area contributed by atoms with Crippen LogP contribution < -0.4 is 15.0 Å². The van der Waals surface area contributed by atoms with E-state index in [1.807, 2.05) is 0 Å². The van der Waals surface area contributed by atoms with Crippen molar-refractivity contribution in [2.45, 2.75) is 38.3 Å². The second-order valence-corrected chi connectivity index (χ2v) is 7.25. The van der Waals surface area contributed by atoms with Crippen LogP contribution in [-0.2, 0) is 16.1 Å². The van der Waals surface area contributed by atoms with Gasteiger partial charge in [-0.2, -0.15) is 13.2 Å². The van der Waals surface area contributed by atoms with Crippen molar-refractivity contribution < 1.29 is 32.2 Å². The molecule has 3 heterocycles. The van der Waals surface area contributed by atoms with Crippen LogP contribution in [-0.4, -0.2) is 28.6 Å². The van der Waals surface area contributed by atoms with Crippen molar-refractivity contribution in [3.63, 3.8) is 0 Å². The van der Waals surface area contributed by atoms with Crippen molar-refractivity contribution in [1.82, 2.24) is 10.3 Å². The van der Waals surface area contributed by atoms with Gasteiger partial charge in [0.1, 0.15) is 11.3 Å². The predicted molar refractivity (Wildman–Crippen MR) is 94.4 cm³/mol. The highest BCUT2D eigenvalue weighted by atomic mass is 19.4. The smallest absolute Gasteiger partial charge is 0.418 e. The number of amides is 3. The maximum absolute atomic E-state index is 13.1. The van der Waals surface area contributed by atoms with Gasteiger partial charge in [0.2, 0.25) is 5.88 Å². The SMILES string of the molecule is CC1(C)NC(=O)N(c2ccc(Oc3ccc4c(c3)C(C(F)(F)F)OC4)nc2)C1=O. The van der Waals surface area contributed by atoms with E-state index in [-0.39, 0.29) is 29.5 Å². The molecule has 1 saturated heterocycles. The molecule has 1 atom stereocenters. The van der Waals surface area contributed by atoms with Crippen molar-refractivity contribution in [1.29, 1.82) is 0 Å². The van der Waals surface area contributed by atoms with Crippen molar-refractivity contribution in [2.24, 2.45) is 0 Å². The van der Waals surface area contributed by atoms with Crippen LogP contribution in [0.2, 0.25) is 0 Å². The Hall–Kier alpha value is -3.14. The molecule has 29 heavy (non-hydrogen) atoms. The number of hydrogen-bond donors (Lipinski definition) is 1. The van der Waals surface area contributed by atoms with E-state index in [2.05, 4.69) is 10.3 Å². The van der Waals surface area contributed by atoms with E-state index in [0.717, 1.165) is 4.90 Å². The highest BCUT2D eigenvalue weighted by molar-refractivity contribution is 6.22. The Kier molecular flexibility index (Phi) is 4.26. The first-order valence-electron chi connectivity index (χ1n) is 8.68. The summed E-state index contributed by atoms with van der Waals surface area (Å²) in [4.78, 5) is 29.4. The molecule has 3 amide bonds. The summed E-state index contributed by atoms with van der Waals surface area (Å²) in [6.45, 7) is 3.06. The standard InChI is InChI=1S/C19H16F3N3O4/c1-18(2)16(26)25(17(27)24-18)11-4-6-14(23-8-11)29-12-5-3-10-9-28-15(13(10)7-12)19(20,21)22/h3-8,15H,9H2,1-2H3,(H,24,27). The number of anilines is 1. The summed E-state index contributed by atoms with van der Waals surface area (Å²) in [5, 5.41) is 2.56. The third-order valence-corrected chi connectivity index (χ3v) is 4.66. The zero-order valence-corrected chi connectivity index (χ0v) is 15.4. The minimum atomic E-state index is -4.51. The normalized spacial score (nSPS) is 20.6. The number of aromatic nitrogens is 1. The van der Waals surface area contributed by atoms with Gasteiger partial charge in [0.05, 0.1) is 18.5 Å². The molecule has 1 unspecified atom stereocenters. The first-order valence-corrected chi connectivity index (χ1v) is 8.68. The minimum Gasteiger partial charge on any atom is -0.439 e. The second kappa shape index (κ2) is 6.45. The van der Waals surface area contributed by atoms with Crippen LogP contribution in [0.15, 0.2) is 36.5 Å². The van der Waals surface area contributed by atoms with E-state index in [4.69, 9.17) is 9.47 Å². The molecule has 152 valence electrons. The van der Waals surface area contributed by atoms with Crippen molar-refractivity contribution in [3.05, 3.63) is 47.7 Å². The van der Waals surface area contributed by atoms with Crippen LogP contribution in [0.4, 0.5) is 23.7 Å². The number of imide groups is 1. The lowest BCUT2D eigenvalue weighted by molar-refractivity contribution is -0.219. The molecule has 1 aromatic heterocycles. The molecular formula is C19H16F3N3O4. The lowest BCUT2D eigenvalue weighted by atomic mass is 10.0. The van der Waals surface area contributed by atoms with Gasteiger partial charge < -0.3 is 14.8 Å². The van der Waals surface area contributed by atoms with Gasteiger partial charge in [0, 0.05) is 6.07 Å². The Bertz CT molecular complexity index is 989. The summed E-state index contributed by atoms with van der Waals surface area (Å²) in [5.74, 6) is -0.155. The first kappa shape index (κ1) is 19.2. The molecule has 1 aromatic carbocycles. The van der Waals surface area contributed by atoms with Crippen LogP contribution in [0.25, 0.3) is 0 Å². The summed E-state index contributed by atoms with van der Waals surface area (Å²) in [6, 6.07) is 6.64. The topological polar surface area (TPSA) is 80.8 Å². The zero-order chi connectivity index (χ0) is 21.0. The molecule has 7 nitrogen and oxygen atoms in total. The first-order chi connectivity index (χ1) is 13.6. The Morgan fingerprint density at radius 1 is 1.24 bits per heavy atom. The van der Waals surface area contributed by atoms with E-state index >= 15 is 0 Å². The van der Waals surface area contributed by atoms with Crippen LogP contribution in [0.1, 0.15) is 31.1 Å². The number of carbonyl (C=O) groups is 2. The average molecular weight is 407 g/mol. The minimum absolute atomic E-state index is 0.00758. The second-order valence-electron chi connectivity index (χ2n) is 7.25. The summed E-state index contributed by atoms with van der Waals surface area (Å²) < 4.78 is 49.6. The number of halogens is 3. The number of rotatable bonds is 3. The van der Waals surface area contributed by atoms with Gasteiger partial charge in [-0.1, -0.05) is 6.07 Å². The van der Waals surface area contributed by atoms with E-state index < -0.39 is 29.8 Å². The van der Waals surface area contributed by atoms with Crippen molar-refractivity contribution in [3.8, 4) is 11.6 Å². The Morgan fingerprint density at radius 3 is 2.59 bits per heavy atom.